The molecule has 1 heterocycles. The van der Waals surface area contributed by atoms with Gasteiger partial charge in [-0.15, -0.1) is 0 Å². The Morgan fingerprint density at radius 3 is 2.73 bits per heavy atom. The van der Waals surface area contributed by atoms with E-state index in [2.05, 4.69) is 11.8 Å². The van der Waals surface area contributed by atoms with E-state index in [0.717, 1.165) is 18.5 Å². The monoisotopic (exact) mass is 211 g/mol. The van der Waals surface area contributed by atoms with Crippen LogP contribution in [-0.2, 0) is 0 Å². The number of aliphatic hydroxyl groups excluding tert-OH is 1. The zero-order valence-electron chi connectivity index (χ0n) is 9.99. The van der Waals surface area contributed by atoms with Gasteiger partial charge in [0.05, 0.1) is 0 Å². The van der Waals surface area contributed by atoms with Crippen molar-refractivity contribution in [1.29, 1.82) is 0 Å². The van der Waals surface area contributed by atoms with Crippen molar-refractivity contribution in [3.63, 3.8) is 0 Å². The van der Waals surface area contributed by atoms with Crippen molar-refractivity contribution in [2.24, 2.45) is 11.8 Å². The van der Waals surface area contributed by atoms with Gasteiger partial charge in [0.25, 0.3) is 0 Å². The lowest BCUT2D eigenvalue weighted by atomic mass is 9.83. The summed E-state index contributed by atoms with van der Waals surface area (Å²) in [6, 6.07) is 0.834. The highest BCUT2D eigenvalue weighted by Crippen LogP contribution is 2.32. The van der Waals surface area contributed by atoms with Crippen LogP contribution in [0, 0.1) is 11.8 Å². The lowest BCUT2D eigenvalue weighted by Gasteiger charge is -2.35. The van der Waals surface area contributed by atoms with E-state index in [1.807, 2.05) is 0 Å². The van der Waals surface area contributed by atoms with Gasteiger partial charge in [0.1, 0.15) is 0 Å². The van der Waals surface area contributed by atoms with Crippen molar-refractivity contribution in [3.8, 4) is 0 Å². The van der Waals surface area contributed by atoms with Crippen molar-refractivity contribution < 1.29 is 5.11 Å². The largest absolute Gasteiger partial charge is 0.396 e. The lowest BCUT2D eigenvalue weighted by Crippen LogP contribution is -2.37. The van der Waals surface area contributed by atoms with E-state index in [-0.39, 0.29) is 0 Å². The smallest absolute Gasteiger partial charge is 0.0471 e. The maximum Gasteiger partial charge on any atom is 0.0471 e. The van der Waals surface area contributed by atoms with Crippen LogP contribution in [0.15, 0.2) is 0 Å². The minimum absolute atomic E-state index is 0.389. The Morgan fingerprint density at radius 2 is 2.07 bits per heavy atom. The van der Waals surface area contributed by atoms with Crippen LogP contribution in [0.1, 0.15) is 45.4 Å². The minimum atomic E-state index is 0.389. The fraction of sp³-hybridized carbons (Fsp3) is 1.00. The maximum atomic E-state index is 9.15. The molecule has 0 amide bonds. The highest BCUT2D eigenvalue weighted by molar-refractivity contribution is 4.85. The summed E-state index contributed by atoms with van der Waals surface area (Å²) < 4.78 is 0. The molecule has 1 aliphatic heterocycles. The average molecular weight is 211 g/mol. The van der Waals surface area contributed by atoms with Crippen molar-refractivity contribution in [1.82, 2.24) is 4.90 Å². The molecule has 2 fully saturated rings. The van der Waals surface area contributed by atoms with Crippen LogP contribution in [0.25, 0.3) is 0 Å². The minimum Gasteiger partial charge on any atom is -0.396 e. The summed E-state index contributed by atoms with van der Waals surface area (Å²) >= 11 is 0. The van der Waals surface area contributed by atoms with Crippen LogP contribution >= 0.6 is 0 Å². The molecular formula is C13H25NO. The standard InChI is InChI=1S/C13H25NO/c1-2-11-4-3-5-13(8-11)14-7-6-12(9-14)10-15/h11-13,15H,2-10H2,1H3. The highest BCUT2D eigenvalue weighted by Gasteiger charge is 2.30. The summed E-state index contributed by atoms with van der Waals surface area (Å²) in [6.07, 6.45) is 8.24. The summed E-state index contributed by atoms with van der Waals surface area (Å²) in [5.41, 5.74) is 0. The van der Waals surface area contributed by atoms with Crippen LogP contribution in [0.4, 0.5) is 0 Å². The molecule has 2 aliphatic rings. The predicted octanol–water partition coefficient (Wildman–Crippen LogP) is 2.27. The molecule has 2 rings (SSSR count). The molecule has 0 spiro atoms. The number of likely N-dealkylation sites (tertiary alicyclic amines) is 1. The van der Waals surface area contributed by atoms with Crippen molar-refractivity contribution >= 4 is 0 Å². The van der Waals surface area contributed by atoms with Crippen LogP contribution < -0.4 is 0 Å². The molecule has 2 nitrogen and oxygen atoms in total. The van der Waals surface area contributed by atoms with Crippen molar-refractivity contribution in [3.05, 3.63) is 0 Å². The first-order chi connectivity index (χ1) is 7.33. The molecule has 1 saturated carbocycles. The van der Waals surface area contributed by atoms with Crippen LogP contribution in [-0.4, -0.2) is 35.7 Å². The summed E-state index contributed by atoms with van der Waals surface area (Å²) in [7, 11) is 0. The Kier molecular flexibility index (Phi) is 4.04. The number of hydrogen-bond donors (Lipinski definition) is 1. The second-order valence-electron chi connectivity index (χ2n) is 5.43. The summed E-state index contributed by atoms with van der Waals surface area (Å²) in [4.78, 5) is 2.64. The van der Waals surface area contributed by atoms with E-state index in [1.54, 1.807) is 0 Å². The second-order valence-corrected chi connectivity index (χ2v) is 5.43. The quantitative estimate of drug-likeness (QED) is 0.774. The third kappa shape index (κ3) is 2.73. The van der Waals surface area contributed by atoms with Gasteiger partial charge in [-0.3, -0.25) is 0 Å². The van der Waals surface area contributed by atoms with E-state index < -0.39 is 0 Å². The predicted molar refractivity (Wildman–Crippen MR) is 62.8 cm³/mol. The van der Waals surface area contributed by atoms with Gasteiger partial charge in [-0.25, -0.2) is 0 Å². The number of rotatable bonds is 3. The van der Waals surface area contributed by atoms with Crippen LogP contribution in [0.5, 0.6) is 0 Å². The highest BCUT2D eigenvalue weighted by atomic mass is 16.3. The molecule has 1 aliphatic carbocycles. The van der Waals surface area contributed by atoms with E-state index in [4.69, 9.17) is 5.11 Å². The van der Waals surface area contributed by atoms with Gasteiger partial charge < -0.3 is 10.0 Å². The average Bonchev–Trinajstić information content (AvgIpc) is 2.78. The Morgan fingerprint density at radius 1 is 1.20 bits per heavy atom. The second kappa shape index (κ2) is 5.31. The molecule has 0 aromatic heterocycles. The molecular weight excluding hydrogens is 186 g/mol. The van der Waals surface area contributed by atoms with Crippen LogP contribution in [0.3, 0.4) is 0 Å². The molecule has 0 radical (unpaired) electrons. The zero-order valence-corrected chi connectivity index (χ0v) is 9.99. The fourth-order valence-corrected chi connectivity index (χ4v) is 3.31. The Labute approximate surface area is 93.7 Å². The van der Waals surface area contributed by atoms with Gasteiger partial charge in [-0.2, -0.15) is 0 Å². The molecule has 0 bridgehead atoms. The van der Waals surface area contributed by atoms with Gasteiger partial charge in [-0.05, 0) is 37.6 Å². The molecule has 0 aromatic carbocycles. The van der Waals surface area contributed by atoms with Gasteiger partial charge in [0.2, 0.25) is 0 Å². The fourth-order valence-electron chi connectivity index (χ4n) is 3.31. The van der Waals surface area contributed by atoms with Gasteiger partial charge >= 0.3 is 0 Å². The zero-order chi connectivity index (χ0) is 10.7. The molecule has 15 heavy (non-hydrogen) atoms. The van der Waals surface area contributed by atoms with Crippen molar-refractivity contribution in [2.75, 3.05) is 19.7 Å². The van der Waals surface area contributed by atoms with Crippen LogP contribution in [0.2, 0.25) is 0 Å². The molecule has 88 valence electrons. The summed E-state index contributed by atoms with van der Waals surface area (Å²) in [6.45, 7) is 5.10. The van der Waals surface area contributed by atoms with E-state index in [9.17, 15) is 0 Å². The molecule has 3 atom stereocenters. The third-order valence-corrected chi connectivity index (χ3v) is 4.42. The normalized spacial score (nSPS) is 38.4. The van der Waals surface area contributed by atoms with E-state index >= 15 is 0 Å². The van der Waals surface area contributed by atoms with E-state index in [0.29, 0.717) is 12.5 Å². The number of nitrogens with zero attached hydrogens (tertiary/aromatic N) is 1. The van der Waals surface area contributed by atoms with Crippen molar-refractivity contribution in [2.45, 2.75) is 51.5 Å². The Bertz CT molecular complexity index is 195. The van der Waals surface area contributed by atoms with Gasteiger partial charge in [0, 0.05) is 19.2 Å². The first-order valence-electron chi connectivity index (χ1n) is 6.68. The molecule has 1 N–H and O–H groups in total. The third-order valence-electron chi connectivity index (χ3n) is 4.42. The summed E-state index contributed by atoms with van der Waals surface area (Å²) in [5, 5.41) is 9.15. The lowest BCUT2D eigenvalue weighted by molar-refractivity contribution is 0.142. The first-order valence-corrected chi connectivity index (χ1v) is 6.68. The van der Waals surface area contributed by atoms with Gasteiger partial charge in [0.15, 0.2) is 0 Å². The molecule has 2 heteroatoms. The molecule has 1 saturated heterocycles. The summed E-state index contributed by atoms with van der Waals surface area (Å²) in [5.74, 6) is 1.53. The first kappa shape index (κ1) is 11.4. The maximum absolute atomic E-state index is 9.15. The SMILES string of the molecule is CCC1CCCC(N2CCC(CO)C2)C1. The van der Waals surface area contributed by atoms with Gasteiger partial charge in [-0.1, -0.05) is 26.2 Å². The number of hydrogen-bond acceptors (Lipinski definition) is 2. The molecule has 0 aromatic rings. The van der Waals surface area contributed by atoms with E-state index in [1.165, 1.54) is 45.1 Å². The Hall–Kier alpha value is -0.0800. The number of aliphatic hydroxyl groups is 1. The Balaban J connectivity index is 1.83. The molecule has 3 unspecified atom stereocenters. The topological polar surface area (TPSA) is 23.5 Å².